The van der Waals surface area contributed by atoms with Crippen LogP contribution < -0.4 is 5.32 Å². The van der Waals surface area contributed by atoms with Gasteiger partial charge in [0.25, 0.3) is 5.91 Å². The van der Waals surface area contributed by atoms with Crippen molar-refractivity contribution in [2.24, 2.45) is 0 Å². The highest BCUT2D eigenvalue weighted by Gasteiger charge is 2.23. The van der Waals surface area contributed by atoms with Gasteiger partial charge in [0.1, 0.15) is 5.76 Å². The van der Waals surface area contributed by atoms with Gasteiger partial charge in [-0.25, -0.2) is 0 Å². The van der Waals surface area contributed by atoms with Crippen molar-refractivity contribution in [2.45, 2.75) is 32.2 Å². The zero-order valence-corrected chi connectivity index (χ0v) is 12.5. The Morgan fingerprint density at radius 3 is 3.10 bits per heavy atom. The maximum absolute atomic E-state index is 12.1. The summed E-state index contributed by atoms with van der Waals surface area (Å²) in [4.78, 5) is 12.1. The molecule has 1 aliphatic carbocycles. The summed E-state index contributed by atoms with van der Waals surface area (Å²) in [6, 6.07) is 0. The molecule has 6 nitrogen and oxygen atoms in total. The minimum atomic E-state index is -0.164. The van der Waals surface area contributed by atoms with E-state index in [4.69, 9.17) is 4.52 Å². The Bertz CT molecular complexity index is 620. The largest absolute Gasteiger partial charge is 0.360 e. The van der Waals surface area contributed by atoms with Crippen LogP contribution in [0.5, 0.6) is 0 Å². The topological polar surface area (TPSA) is 73.0 Å². The number of fused-ring (bicyclic) bond motifs is 1. The summed E-state index contributed by atoms with van der Waals surface area (Å²) in [6.07, 6.45) is 7.55. The standard InChI is InChI=1S/C13H15BrN4O2/c14-9-7-16-18(8-9)6-5-15-13(19)12-10-3-1-2-4-11(10)20-17-12/h7-8H,1-6H2,(H,15,19). The Morgan fingerprint density at radius 1 is 1.45 bits per heavy atom. The quantitative estimate of drug-likeness (QED) is 0.924. The van der Waals surface area contributed by atoms with E-state index >= 15 is 0 Å². The molecule has 1 N–H and O–H groups in total. The fourth-order valence-corrected chi connectivity index (χ4v) is 2.72. The summed E-state index contributed by atoms with van der Waals surface area (Å²) in [5.41, 5.74) is 1.43. The molecule has 2 aromatic rings. The Labute approximate surface area is 124 Å². The van der Waals surface area contributed by atoms with Gasteiger partial charge in [0, 0.05) is 24.7 Å². The predicted molar refractivity (Wildman–Crippen MR) is 75.4 cm³/mol. The molecule has 0 aromatic carbocycles. The highest BCUT2D eigenvalue weighted by atomic mass is 79.9. The highest BCUT2D eigenvalue weighted by molar-refractivity contribution is 9.10. The van der Waals surface area contributed by atoms with E-state index < -0.39 is 0 Å². The van der Waals surface area contributed by atoms with E-state index in [2.05, 4.69) is 31.5 Å². The monoisotopic (exact) mass is 338 g/mol. The lowest BCUT2D eigenvalue weighted by Crippen LogP contribution is -2.28. The molecule has 0 unspecified atom stereocenters. The van der Waals surface area contributed by atoms with Gasteiger partial charge in [-0.2, -0.15) is 5.10 Å². The number of halogens is 1. The second-order valence-corrected chi connectivity index (χ2v) is 5.73. The lowest BCUT2D eigenvalue weighted by molar-refractivity contribution is 0.0942. The molecule has 7 heteroatoms. The number of amides is 1. The Morgan fingerprint density at radius 2 is 2.30 bits per heavy atom. The number of carbonyl (C=O) groups is 1. The van der Waals surface area contributed by atoms with Gasteiger partial charge in [0.2, 0.25) is 0 Å². The van der Waals surface area contributed by atoms with E-state index in [0.29, 0.717) is 18.8 Å². The van der Waals surface area contributed by atoms with Gasteiger partial charge in [0.15, 0.2) is 5.69 Å². The normalized spacial score (nSPS) is 14.1. The molecule has 0 aliphatic heterocycles. The van der Waals surface area contributed by atoms with E-state index in [1.807, 2.05) is 6.20 Å². The zero-order valence-electron chi connectivity index (χ0n) is 10.9. The number of hydrogen-bond acceptors (Lipinski definition) is 4. The molecule has 0 fully saturated rings. The molecular weight excluding hydrogens is 324 g/mol. The number of carbonyl (C=O) groups excluding carboxylic acids is 1. The third-order valence-corrected chi connectivity index (χ3v) is 3.80. The molecule has 0 spiro atoms. The van der Waals surface area contributed by atoms with Crippen molar-refractivity contribution >= 4 is 21.8 Å². The highest BCUT2D eigenvalue weighted by Crippen LogP contribution is 2.23. The molecule has 1 aliphatic rings. The van der Waals surface area contributed by atoms with Crippen LogP contribution in [0.15, 0.2) is 21.4 Å². The summed E-state index contributed by atoms with van der Waals surface area (Å²) < 4.78 is 7.93. The van der Waals surface area contributed by atoms with Crippen molar-refractivity contribution in [1.29, 1.82) is 0 Å². The first-order valence-electron chi connectivity index (χ1n) is 6.67. The molecular formula is C13H15BrN4O2. The summed E-state index contributed by atoms with van der Waals surface area (Å²) in [6.45, 7) is 1.13. The predicted octanol–water partition coefficient (Wildman–Crippen LogP) is 1.94. The van der Waals surface area contributed by atoms with Crippen LogP contribution in [-0.2, 0) is 19.4 Å². The van der Waals surface area contributed by atoms with Crippen molar-refractivity contribution in [3.63, 3.8) is 0 Å². The first kappa shape index (κ1) is 13.4. The Hall–Kier alpha value is -1.63. The molecule has 20 heavy (non-hydrogen) atoms. The summed E-state index contributed by atoms with van der Waals surface area (Å²) in [7, 11) is 0. The van der Waals surface area contributed by atoms with Crippen molar-refractivity contribution in [2.75, 3.05) is 6.54 Å². The first-order chi connectivity index (χ1) is 9.74. The SMILES string of the molecule is O=C(NCCn1cc(Br)cn1)c1noc2c1CCCC2. The summed E-state index contributed by atoms with van der Waals surface area (Å²) in [5, 5.41) is 10.9. The van der Waals surface area contributed by atoms with Crippen LogP contribution in [0.25, 0.3) is 0 Å². The minimum Gasteiger partial charge on any atom is -0.360 e. The van der Waals surface area contributed by atoms with Crippen LogP contribution in [0.2, 0.25) is 0 Å². The maximum Gasteiger partial charge on any atom is 0.273 e. The average molecular weight is 339 g/mol. The third-order valence-electron chi connectivity index (χ3n) is 3.39. The van der Waals surface area contributed by atoms with Gasteiger partial charge >= 0.3 is 0 Å². The van der Waals surface area contributed by atoms with Crippen LogP contribution in [0.4, 0.5) is 0 Å². The number of nitrogens with zero attached hydrogens (tertiary/aromatic N) is 3. The molecule has 2 heterocycles. The number of aromatic nitrogens is 3. The van der Waals surface area contributed by atoms with Crippen molar-refractivity contribution < 1.29 is 9.32 Å². The molecule has 3 rings (SSSR count). The molecule has 106 valence electrons. The number of hydrogen-bond donors (Lipinski definition) is 1. The Kier molecular flexibility index (Phi) is 3.86. The fraction of sp³-hybridized carbons (Fsp3) is 0.462. The van der Waals surface area contributed by atoms with Gasteiger partial charge in [-0.15, -0.1) is 0 Å². The van der Waals surface area contributed by atoms with Crippen molar-refractivity contribution in [3.8, 4) is 0 Å². The van der Waals surface area contributed by atoms with Crippen LogP contribution in [0, 0.1) is 0 Å². The van der Waals surface area contributed by atoms with E-state index in [0.717, 1.165) is 41.5 Å². The van der Waals surface area contributed by atoms with Crippen LogP contribution in [0.3, 0.4) is 0 Å². The van der Waals surface area contributed by atoms with Crippen molar-refractivity contribution in [1.82, 2.24) is 20.3 Å². The molecule has 0 bridgehead atoms. The number of rotatable bonds is 4. The summed E-state index contributed by atoms with van der Waals surface area (Å²) in [5.74, 6) is 0.709. The second kappa shape index (κ2) is 5.78. The molecule has 1 amide bonds. The van der Waals surface area contributed by atoms with Crippen molar-refractivity contribution in [3.05, 3.63) is 33.9 Å². The first-order valence-corrected chi connectivity index (χ1v) is 7.47. The van der Waals surface area contributed by atoms with Gasteiger partial charge in [-0.1, -0.05) is 5.16 Å². The molecule has 0 radical (unpaired) electrons. The number of nitrogens with one attached hydrogen (secondary N) is 1. The fourth-order valence-electron chi connectivity index (χ4n) is 2.39. The summed E-state index contributed by atoms with van der Waals surface area (Å²) >= 11 is 3.33. The molecule has 0 atom stereocenters. The third kappa shape index (κ3) is 2.77. The van der Waals surface area contributed by atoms with Crippen LogP contribution >= 0.6 is 15.9 Å². The van der Waals surface area contributed by atoms with Gasteiger partial charge < -0.3 is 9.84 Å². The van der Waals surface area contributed by atoms with Crippen LogP contribution in [0.1, 0.15) is 34.7 Å². The molecule has 0 saturated heterocycles. The van der Waals surface area contributed by atoms with Gasteiger partial charge in [-0.05, 0) is 35.2 Å². The Balaban J connectivity index is 1.58. The van der Waals surface area contributed by atoms with E-state index in [9.17, 15) is 4.79 Å². The second-order valence-electron chi connectivity index (χ2n) is 4.82. The lowest BCUT2D eigenvalue weighted by atomic mass is 9.96. The van der Waals surface area contributed by atoms with E-state index in [-0.39, 0.29) is 5.91 Å². The molecule has 2 aromatic heterocycles. The lowest BCUT2D eigenvalue weighted by Gasteiger charge is -2.09. The van der Waals surface area contributed by atoms with Gasteiger partial charge in [0.05, 0.1) is 17.2 Å². The van der Waals surface area contributed by atoms with E-state index in [1.54, 1.807) is 10.9 Å². The van der Waals surface area contributed by atoms with Crippen LogP contribution in [-0.4, -0.2) is 27.4 Å². The zero-order chi connectivity index (χ0) is 13.9. The van der Waals surface area contributed by atoms with E-state index in [1.165, 1.54) is 0 Å². The minimum absolute atomic E-state index is 0.164. The average Bonchev–Trinajstić information content (AvgIpc) is 3.05. The smallest absolute Gasteiger partial charge is 0.273 e. The van der Waals surface area contributed by atoms with Gasteiger partial charge in [-0.3, -0.25) is 9.48 Å². The molecule has 0 saturated carbocycles. The number of aryl methyl sites for hydroxylation is 1. The maximum atomic E-state index is 12.1.